The van der Waals surface area contributed by atoms with Gasteiger partial charge in [0.2, 0.25) is 0 Å². The Morgan fingerprint density at radius 3 is 2.35 bits per heavy atom. The van der Waals surface area contributed by atoms with Gasteiger partial charge in [-0.25, -0.2) is 13.2 Å². The molecule has 7 nitrogen and oxygen atoms in total. The minimum atomic E-state index is -3.96. The van der Waals surface area contributed by atoms with E-state index >= 15 is 0 Å². The number of esters is 1. The van der Waals surface area contributed by atoms with E-state index in [0.29, 0.717) is 4.88 Å². The fourth-order valence-corrected chi connectivity index (χ4v) is 4.05. The molecule has 0 saturated carbocycles. The van der Waals surface area contributed by atoms with E-state index in [1.54, 1.807) is 13.0 Å². The number of thiophene rings is 1. The van der Waals surface area contributed by atoms with Crippen LogP contribution in [-0.4, -0.2) is 26.9 Å². The highest BCUT2D eigenvalue weighted by Gasteiger charge is 2.18. The normalized spacial score (nSPS) is 11.2. The minimum Gasteiger partial charge on any atom is -0.462 e. The van der Waals surface area contributed by atoms with Crippen LogP contribution in [0.2, 0.25) is 0 Å². The van der Waals surface area contributed by atoms with E-state index in [4.69, 9.17) is 4.74 Å². The van der Waals surface area contributed by atoms with Crippen LogP contribution in [0.5, 0.6) is 0 Å². The van der Waals surface area contributed by atoms with Crippen molar-refractivity contribution in [2.75, 3.05) is 6.61 Å². The number of amides is 1. The van der Waals surface area contributed by atoms with Crippen LogP contribution in [0, 0.1) is 6.92 Å². The predicted molar refractivity (Wildman–Crippen MR) is 98.6 cm³/mol. The zero-order valence-electron chi connectivity index (χ0n) is 14.7. The summed E-state index contributed by atoms with van der Waals surface area (Å²) in [5, 5.41) is 0. The summed E-state index contributed by atoms with van der Waals surface area (Å²) in [5.41, 5.74) is 3.45. The van der Waals surface area contributed by atoms with Gasteiger partial charge >= 0.3 is 5.97 Å². The summed E-state index contributed by atoms with van der Waals surface area (Å²) in [4.78, 5) is 27.2. The smallest absolute Gasteiger partial charge is 0.338 e. The zero-order valence-corrected chi connectivity index (χ0v) is 16.3. The van der Waals surface area contributed by atoms with Crippen molar-refractivity contribution in [1.82, 2.24) is 10.3 Å². The van der Waals surface area contributed by atoms with Gasteiger partial charge in [0.1, 0.15) is 0 Å². The molecule has 1 aromatic heterocycles. The van der Waals surface area contributed by atoms with Crippen LogP contribution in [0.15, 0.2) is 35.2 Å². The highest BCUT2D eigenvalue weighted by atomic mass is 32.2. The molecule has 0 unspecified atom stereocenters. The fourth-order valence-electron chi connectivity index (χ4n) is 2.20. The topological polar surface area (TPSA) is 102 Å². The maximum Gasteiger partial charge on any atom is 0.338 e. The van der Waals surface area contributed by atoms with Gasteiger partial charge in [-0.05, 0) is 56.2 Å². The number of carbonyl (C=O) groups excluding carboxylic acids is 2. The lowest BCUT2D eigenvalue weighted by Crippen LogP contribution is -2.41. The Morgan fingerprint density at radius 2 is 1.81 bits per heavy atom. The van der Waals surface area contributed by atoms with Crippen LogP contribution >= 0.6 is 11.3 Å². The summed E-state index contributed by atoms with van der Waals surface area (Å²) in [5.74, 6) is -1.05. The zero-order chi connectivity index (χ0) is 19.3. The summed E-state index contributed by atoms with van der Waals surface area (Å²) >= 11 is 1.33. The molecule has 0 spiro atoms. The monoisotopic (exact) mass is 396 g/mol. The second-order valence-electron chi connectivity index (χ2n) is 5.37. The number of carbonyl (C=O) groups is 2. The fraction of sp³-hybridized carbons (Fsp3) is 0.294. The quantitative estimate of drug-likeness (QED) is 0.553. The number of benzene rings is 1. The van der Waals surface area contributed by atoms with E-state index in [1.165, 1.54) is 35.6 Å². The van der Waals surface area contributed by atoms with Gasteiger partial charge < -0.3 is 4.74 Å². The maximum atomic E-state index is 12.3. The molecule has 1 amide bonds. The van der Waals surface area contributed by atoms with Crippen molar-refractivity contribution in [2.45, 2.75) is 32.1 Å². The second kappa shape index (κ2) is 8.43. The molecule has 140 valence electrons. The Labute approximate surface area is 156 Å². The van der Waals surface area contributed by atoms with Crippen LogP contribution in [0.1, 0.15) is 44.3 Å². The molecule has 0 fully saturated rings. The Bertz CT molecular complexity index is 902. The van der Waals surface area contributed by atoms with Crippen molar-refractivity contribution in [3.05, 3.63) is 51.2 Å². The summed E-state index contributed by atoms with van der Waals surface area (Å²) in [7, 11) is -3.96. The first-order chi connectivity index (χ1) is 12.3. The molecule has 26 heavy (non-hydrogen) atoms. The molecule has 0 aliphatic carbocycles. The van der Waals surface area contributed by atoms with Gasteiger partial charge in [0.05, 0.1) is 21.9 Å². The van der Waals surface area contributed by atoms with Gasteiger partial charge in [-0.15, -0.1) is 16.2 Å². The van der Waals surface area contributed by atoms with Crippen molar-refractivity contribution in [2.24, 2.45) is 0 Å². The lowest BCUT2D eigenvalue weighted by atomic mass is 10.2. The highest BCUT2D eigenvalue weighted by Crippen LogP contribution is 2.22. The molecule has 9 heteroatoms. The van der Waals surface area contributed by atoms with E-state index in [1.807, 2.05) is 13.8 Å². The largest absolute Gasteiger partial charge is 0.462 e. The Balaban J connectivity index is 2.06. The molecule has 0 aliphatic heterocycles. The van der Waals surface area contributed by atoms with Gasteiger partial charge in [-0.2, -0.15) is 0 Å². The third-order valence-electron chi connectivity index (χ3n) is 3.54. The number of rotatable bonds is 7. The van der Waals surface area contributed by atoms with Crippen LogP contribution < -0.4 is 10.3 Å². The van der Waals surface area contributed by atoms with Crippen molar-refractivity contribution < 1.29 is 22.7 Å². The van der Waals surface area contributed by atoms with Gasteiger partial charge in [-0.1, -0.05) is 6.92 Å². The van der Waals surface area contributed by atoms with Crippen molar-refractivity contribution >= 4 is 33.2 Å². The number of nitrogens with one attached hydrogen (secondary N) is 2. The number of ether oxygens (including phenoxy) is 1. The average molecular weight is 396 g/mol. The van der Waals surface area contributed by atoms with Gasteiger partial charge in [0.15, 0.2) is 0 Å². The Morgan fingerprint density at radius 1 is 1.15 bits per heavy atom. The van der Waals surface area contributed by atoms with E-state index in [-0.39, 0.29) is 17.1 Å². The molecule has 2 aromatic rings. The maximum absolute atomic E-state index is 12.3. The molecule has 2 rings (SSSR count). The van der Waals surface area contributed by atoms with Crippen LogP contribution in [-0.2, 0) is 21.2 Å². The molecule has 0 radical (unpaired) electrons. The third-order valence-corrected chi connectivity index (χ3v) is 6.18. The van der Waals surface area contributed by atoms with Crippen molar-refractivity contribution in [1.29, 1.82) is 0 Å². The highest BCUT2D eigenvalue weighted by molar-refractivity contribution is 7.89. The van der Waals surface area contributed by atoms with E-state index in [2.05, 4.69) is 10.3 Å². The lowest BCUT2D eigenvalue weighted by Gasteiger charge is -2.08. The molecule has 1 heterocycles. The van der Waals surface area contributed by atoms with E-state index in [0.717, 1.165) is 16.9 Å². The molecule has 0 aliphatic rings. The van der Waals surface area contributed by atoms with Crippen LogP contribution in [0.25, 0.3) is 0 Å². The molecule has 1 aromatic carbocycles. The SMILES string of the molecule is CCOC(=O)c1ccc(S(=O)(=O)NNC(=O)c2cc(C)c(CC)s2)cc1. The molecule has 0 bridgehead atoms. The number of hydrogen-bond donors (Lipinski definition) is 2. The van der Waals surface area contributed by atoms with Crippen molar-refractivity contribution in [3.8, 4) is 0 Å². The Hall–Kier alpha value is -2.23. The van der Waals surface area contributed by atoms with Gasteiger partial charge in [0, 0.05) is 4.88 Å². The molecule has 0 atom stereocenters. The standard InChI is InChI=1S/C17H20N2O5S2/c1-4-14-11(3)10-15(25-14)16(20)18-19-26(22,23)13-8-6-12(7-9-13)17(21)24-5-2/h6-10,19H,4-5H2,1-3H3,(H,18,20). The van der Waals surface area contributed by atoms with E-state index in [9.17, 15) is 18.0 Å². The summed E-state index contributed by atoms with van der Waals surface area (Å²) in [6.07, 6.45) is 0.808. The number of sulfonamides is 1. The number of hydrogen-bond acceptors (Lipinski definition) is 6. The number of aryl methyl sites for hydroxylation is 2. The second-order valence-corrected chi connectivity index (χ2v) is 8.19. The summed E-state index contributed by atoms with van der Waals surface area (Å²) in [6.45, 7) is 5.81. The third kappa shape index (κ3) is 4.69. The van der Waals surface area contributed by atoms with Gasteiger partial charge in [-0.3, -0.25) is 10.2 Å². The first-order valence-electron chi connectivity index (χ1n) is 7.97. The van der Waals surface area contributed by atoms with Gasteiger partial charge in [0.25, 0.3) is 15.9 Å². The molecular weight excluding hydrogens is 376 g/mol. The molecular formula is C17H20N2O5S2. The van der Waals surface area contributed by atoms with Crippen LogP contribution in [0.4, 0.5) is 0 Å². The molecule has 2 N–H and O–H groups in total. The van der Waals surface area contributed by atoms with E-state index < -0.39 is 21.9 Å². The lowest BCUT2D eigenvalue weighted by molar-refractivity contribution is 0.0526. The average Bonchev–Trinajstić information content (AvgIpc) is 3.01. The Kier molecular flexibility index (Phi) is 6.52. The molecule has 0 saturated heterocycles. The van der Waals surface area contributed by atoms with Crippen molar-refractivity contribution in [3.63, 3.8) is 0 Å². The predicted octanol–water partition coefficient (Wildman–Crippen LogP) is 2.42. The first-order valence-corrected chi connectivity index (χ1v) is 10.3. The minimum absolute atomic E-state index is 0.0811. The number of hydrazine groups is 1. The first kappa shape index (κ1) is 20.1. The summed E-state index contributed by atoms with van der Waals surface area (Å²) in [6, 6.07) is 6.97. The van der Waals surface area contributed by atoms with Crippen LogP contribution in [0.3, 0.4) is 0 Å². The summed E-state index contributed by atoms with van der Waals surface area (Å²) < 4.78 is 29.4.